The highest BCUT2D eigenvalue weighted by molar-refractivity contribution is 7.98. The number of benzene rings is 3. The zero-order valence-electron chi connectivity index (χ0n) is 16.2. The molecule has 0 heterocycles. The van der Waals surface area contributed by atoms with Gasteiger partial charge in [-0.25, -0.2) is 5.43 Å². The van der Waals surface area contributed by atoms with E-state index in [0.717, 1.165) is 38.3 Å². The first-order valence-corrected chi connectivity index (χ1v) is 10.4. The summed E-state index contributed by atoms with van der Waals surface area (Å²) in [6.07, 6.45) is 0. The number of hydrogen-bond donors (Lipinski definition) is 1. The zero-order chi connectivity index (χ0) is 20.6. The minimum Gasteiger partial charge on any atom is -0.497 e. The van der Waals surface area contributed by atoms with Crippen LogP contribution < -0.4 is 10.2 Å². The number of hydrogen-bond acceptors (Lipinski definition) is 4. The first-order valence-electron chi connectivity index (χ1n) is 9.01. The highest BCUT2D eigenvalue weighted by atomic mass is 35.5. The molecule has 3 aromatic carbocycles. The van der Waals surface area contributed by atoms with Gasteiger partial charge in [0.25, 0.3) is 5.91 Å². The topological polar surface area (TPSA) is 50.7 Å². The molecule has 4 nitrogen and oxygen atoms in total. The average Bonchev–Trinajstić information content (AvgIpc) is 2.77. The lowest BCUT2D eigenvalue weighted by atomic mass is 10.1. The van der Waals surface area contributed by atoms with E-state index in [1.165, 1.54) is 0 Å². The number of hydrazone groups is 1. The Morgan fingerprint density at radius 1 is 0.966 bits per heavy atom. The molecule has 0 aliphatic rings. The molecule has 29 heavy (non-hydrogen) atoms. The van der Waals surface area contributed by atoms with Gasteiger partial charge in [-0.3, -0.25) is 4.79 Å². The van der Waals surface area contributed by atoms with Gasteiger partial charge in [0.2, 0.25) is 0 Å². The highest BCUT2D eigenvalue weighted by Gasteiger charge is 2.06. The maximum Gasteiger partial charge on any atom is 0.271 e. The molecular formula is C23H21ClN2O2S. The Balaban J connectivity index is 1.55. The molecule has 0 unspecified atom stereocenters. The number of halogens is 1. The van der Waals surface area contributed by atoms with Crippen LogP contribution in [0.3, 0.4) is 0 Å². The summed E-state index contributed by atoms with van der Waals surface area (Å²) in [6.45, 7) is 1.85. The van der Waals surface area contributed by atoms with E-state index in [0.29, 0.717) is 5.56 Å². The van der Waals surface area contributed by atoms with Crippen LogP contribution in [0.25, 0.3) is 0 Å². The highest BCUT2D eigenvalue weighted by Crippen LogP contribution is 2.24. The van der Waals surface area contributed by atoms with Gasteiger partial charge in [-0.1, -0.05) is 23.7 Å². The predicted molar refractivity (Wildman–Crippen MR) is 120 cm³/mol. The van der Waals surface area contributed by atoms with Gasteiger partial charge < -0.3 is 4.74 Å². The number of methoxy groups -OCH3 is 1. The Morgan fingerprint density at radius 2 is 1.59 bits per heavy atom. The molecule has 6 heteroatoms. The van der Waals surface area contributed by atoms with E-state index < -0.39 is 0 Å². The van der Waals surface area contributed by atoms with Gasteiger partial charge in [-0.2, -0.15) is 5.10 Å². The van der Waals surface area contributed by atoms with Crippen LogP contribution >= 0.6 is 23.4 Å². The largest absolute Gasteiger partial charge is 0.497 e. The lowest BCUT2D eigenvalue weighted by Gasteiger charge is -2.06. The SMILES string of the molecule is COc1ccc(/C(C)=N\NC(=O)c2ccc(CSc3ccc(Cl)cc3)cc2)cc1. The minimum atomic E-state index is -0.241. The lowest BCUT2D eigenvalue weighted by Crippen LogP contribution is -2.19. The molecule has 0 saturated carbocycles. The lowest BCUT2D eigenvalue weighted by molar-refractivity contribution is 0.0955. The van der Waals surface area contributed by atoms with Crippen LogP contribution in [0.4, 0.5) is 0 Å². The molecular weight excluding hydrogens is 404 g/mol. The van der Waals surface area contributed by atoms with E-state index in [2.05, 4.69) is 10.5 Å². The van der Waals surface area contributed by atoms with Crippen molar-refractivity contribution in [2.24, 2.45) is 5.10 Å². The Hall–Kier alpha value is -2.76. The predicted octanol–water partition coefficient (Wildman–Crippen LogP) is 5.79. The van der Waals surface area contributed by atoms with Crippen molar-refractivity contribution in [2.45, 2.75) is 17.6 Å². The first kappa shape index (κ1) is 21.0. The van der Waals surface area contributed by atoms with Gasteiger partial charge >= 0.3 is 0 Å². The van der Waals surface area contributed by atoms with Crippen LogP contribution in [0.1, 0.15) is 28.4 Å². The summed E-state index contributed by atoms with van der Waals surface area (Å²) in [5, 5.41) is 4.92. The van der Waals surface area contributed by atoms with Crippen LogP contribution in [-0.4, -0.2) is 18.7 Å². The van der Waals surface area contributed by atoms with Gasteiger partial charge in [0.05, 0.1) is 12.8 Å². The second-order valence-corrected chi connectivity index (χ2v) is 7.79. The third-order valence-electron chi connectivity index (χ3n) is 4.27. The van der Waals surface area contributed by atoms with E-state index in [1.54, 1.807) is 18.9 Å². The van der Waals surface area contributed by atoms with Gasteiger partial charge in [0, 0.05) is 21.2 Å². The van der Waals surface area contributed by atoms with Gasteiger partial charge in [-0.05, 0) is 78.7 Å². The molecule has 0 aromatic heterocycles. The van der Waals surface area contributed by atoms with E-state index >= 15 is 0 Å². The quantitative estimate of drug-likeness (QED) is 0.296. The normalized spacial score (nSPS) is 11.2. The number of nitrogens with zero attached hydrogens (tertiary/aromatic N) is 1. The van der Waals surface area contributed by atoms with Crippen molar-refractivity contribution >= 4 is 35.0 Å². The molecule has 3 aromatic rings. The molecule has 0 aliphatic heterocycles. The standard InChI is InChI=1S/C23H21ClN2O2S/c1-16(18-7-11-21(28-2)12-8-18)25-26-23(27)19-5-3-17(4-6-19)15-29-22-13-9-20(24)10-14-22/h3-14H,15H2,1-2H3,(H,26,27)/b25-16-. The number of thioether (sulfide) groups is 1. The smallest absolute Gasteiger partial charge is 0.271 e. The fraction of sp³-hybridized carbons (Fsp3) is 0.130. The Bertz CT molecular complexity index is 985. The van der Waals surface area contributed by atoms with Gasteiger partial charge in [0.15, 0.2) is 0 Å². The van der Waals surface area contributed by atoms with Crippen LogP contribution in [0.2, 0.25) is 5.02 Å². The third-order valence-corrected chi connectivity index (χ3v) is 5.60. The molecule has 0 aliphatic carbocycles. The maximum absolute atomic E-state index is 12.3. The summed E-state index contributed by atoms with van der Waals surface area (Å²) in [7, 11) is 1.62. The molecule has 0 saturated heterocycles. The maximum atomic E-state index is 12.3. The first-order chi connectivity index (χ1) is 14.0. The summed E-state index contributed by atoms with van der Waals surface area (Å²) in [5.74, 6) is 1.35. The van der Waals surface area contributed by atoms with Crippen molar-refractivity contribution in [1.29, 1.82) is 0 Å². The molecule has 0 spiro atoms. The number of rotatable bonds is 7. The number of ether oxygens (including phenoxy) is 1. The molecule has 0 fully saturated rings. The Labute approximate surface area is 179 Å². The van der Waals surface area contributed by atoms with E-state index in [9.17, 15) is 4.79 Å². The molecule has 148 valence electrons. The molecule has 3 rings (SSSR count). The average molecular weight is 425 g/mol. The van der Waals surface area contributed by atoms with Crippen molar-refractivity contribution in [1.82, 2.24) is 5.43 Å². The van der Waals surface area contributed by atoms with Crippen molar-refractivity contribution in [3.8, 4) is 5.75 Å². The molecule has 1 amide bonds. The monoisotopic (exact) mass is 424 g/mol. The molecule has 0 radical (unpaired) electrons. The van der Waals surface area contributed by atoms with Gasteiger partial charge in [-0.15, -0.1) is 11.8 Å². The number of nitrogens with one attached hydrogen (secondary N) is 1. The second-order valence-electron chi connectivity index (χ2n) is 6.31. The van der Waals surface area contributed by atoms with Crippen LogP contribution in [-0.2, 0) is 5.75 Å². The van der Waals surface area contributed by atoms with Crippen molar-refractivity contribution < 1.29 is 9.53 Å². The number of amides is 1. The van der Waals surface area contributed by atoms with Crippen LogP contribution in [0, 0.1) is 0 Å². The van der Waals surface area contributed by atoms with E-state index in [-0.39, 0.29) is 5.91 Å². The summed E-state index contributed by atoms with van der Waals surface area (Å²) in [5.41, 5.74) is 5.95. The molecule has 0 atom stereocenters. The van der Waals surface area contributed by atoms with E-state index in [1.807, 2.05) is 79.7 Å². The van der Waals surface area contributed by atoms with Gasteiger partial charge in [0.1, 0.15) is 5.75 Å². The number of carbonyl (C=O) groups is 1. The zero-order valence-corrected chi connectivity index (χ0v) is 17.8. The minimum absolute atomic E-state index is 0.241. The van der Waals surface area contributed by atoms with Crippen LogP contribution in [0.5, 0.6) is 5.75 Å². The fourth-order valence-corrected chi connectivity index (χ4v) is 3.53. The fourth-order valence-electron chi connectivity index (χ4n) is 2.55. The van der Waals surface area contributed by atoms with Crippen molar-refractivity contribution in [2.75, 3.05) is 7.11 Å². The summed E-state index contributed by atoms with van der Waals surface area (Å²) >= 11 is 7.63. The second kappa shape index (κ2) is 10.1. The molecule has 0 bridgehead atoms. The van der Waals surface area contributed by atoms with Crippen molar-refractivity contribution in [3.63, 3.8) is 0 Å². The molecule has 1 N–H and O–H groups in total. The Morgan fingerprint density at radius 3 is 2.21 bits per heavy atom. The summed E-state index contributed by atoms with van der Waals surface area (Å²) < 4.78 is 5.15. The number of carbonyl (C=O) groups excluding carboxylic acids is 1. The summed E-state index contributed by atoms with van der Waals surface area (Å²) in [4.78, 5) is 13.5. The Kier molecular flexibility index (Phi) is 7.33. The summed E-state index contributed by atoms with van der Waals surface area (Å²) in [6, 6.07) is 22.8. The van der Waals surface area contributed by atoms with E-state index in [4.69, 9.17) is 16.3 Å². The van der Waals surface area contributed by atoms with Crippen molar-refractivity contribution in [3.05, 3.63) is 94.5 Å². The van der Waals surface area contributed by atoms with Crippen LogP contribution in [0.15, 0.2) is 82.8 Å². The third kappa shape index (κ3) is 6.11.